The molecule has 2 aliphatic rings. The lowest BCUT2D eigenvalue weighted by Gasteiger charge is -2.35. The number of hydrogen-bond donors (Lipinski definition) is 1. The SMILES string of the molecule is NC(=O)C1(CCCCN2CCN(C(=O)Cc3ccccc3)CC2)c2ccccc2-c2ccccc21. The fourth-order valence-electron chi connectivity index (χ4n) is 5.81. The van der Waals surface area contributed by atoms with E-state index in [0.717, 1.165) is 73.4 Å². The summed E-state index contributed by atoms with van der Waals surface area (Å²) in [6.45, 7) is 4.31. The maximum Gasteiger partial charge on any atom is 0.232 e. The Labute approximate surface area is 207 Å². The Bertz CT molecular complexity index is 1150. The summed E-state index contributed by atoms with van der Waals surface area (Å²) < 4.78 is 0. The normalized spacial score (nSPS) is 16.5. The van der Waals surface area contributed by atoms with Crippen molar-refractivity contribution in [2.24, 2.45) is 5.73 Å². The van der Waals surface area contributed by atoms with Crippen LogP contribution in [-0.4, -0.2) is 54.3 Å². The summed E-state index contributed by atoms with van der Waals surface area (Å²) in [6.07, 6.45) is 3.10. The van der Waals surface area contributed by atoms with E-state index in [2.05, 4.69) is 29.2 Å². The smallest absolute Gasteiger partial charge is 0.232 e. The first-order valence-electron chi connectivity index (χ1n) is 12.6. The van der Waals surface area contributed by atoms with Gasteiger partial charge in [0.15, 0.2) is 0 Å². The zero-order valence-electron chi connectivity index (χ0n) is 20.2. The number of nitrogens with zero attached hydrogens (tertiary/aromatic N) is 2. The van der Waals surface area contributed by atoms with Crippen LogP contribution in [-0.2, 0) is 21.4 Å². The third kappa shape index (κ3) is 4.48. The van der Waals surface area contributed by atoms with Gasteiger partial charge in [0, 0.05) is 26.2 Å². The van der Waals surface area contributed by atoms with E-state index in [-0.39, 0.29) is 11.8 Å². The van der Waals surface area contributed by atoms with E-state index in [9.17, 15) is 9.59 Å². The first-order chi connectivity index (χ1) is 17.1. The molecule has 0 unspecified atom stereocenters. The lowest BCUT2D eigenvalue weighted by molar-refractivity contribution is -0.132. The van der Waals surface area contributed by atoms with E-state index < -0.39 is 5.41 Å². The molecule has 0 atom stereocenters. The lowest BCUT2D eigenvalue weighted by atomic mass is 9.73. The number of piperazine rings is 1. The highest BCUT2D eigenvalue weighted by Gasteiger charge is 2.47. The largest absolute Gasteiger partial charge is 0.369 e. The Morgan fingerprint density at radius 3 is 1.91 bits per heavy atom. The maximum atomic E-state index is 13.0. The zero-order valence-corrected chi connectivity index (χ0v) is 20.2. The van der Waals surface area contributed by atoms with Crippen LogP contribution in [0, 0.1) is 0 Å². The fraction of sp³-hybridized carbons (Fsp3) is 0.333. The summed E-state index contributed by atoms with van der Waals surface area (Å²) >= 11 is 0. The molecule has 1 aliphatic heterocycles. The molecule has 1 fully saturated rings. The van der Waals surface area contributed by atoms with Gasteiger partial charge >= 0.3 is 0 Å². The maximum absolute atomic E-state index is 13.0. The van der Waals surface area contributed by atoms with Gasteiger partial charge in [0.2, 0.25) is 11.8 Å². The van der Waals surface area contributed by atoms with E-state index >= 15 is 0 Å². The van der Waals surface area contributed by atoms with Gasteiger partial charge in [0.05, 0.1) is 11.8 Å². The van der Waals surface area contributed by atoms with Crippen LogP contribution in [0.25, 0.3) is 11.1 Å². The van der Waals surface area contributed by atoms with E-state index in [1.807, 2.05) is 59.5 Å². The summed E-state index contributed by atoms with van der Waals surface area (Å²) in [6, 6.07) is 26.3. The van der Waals surface area contributed by atoms with Gasteiger partial charge < -0.3 is 10.6 Å². The number of rotatable bonds is 8. The minimum atomic E-state index is -0.754. The molecule has 2 N–H and O–H groups in total. The Kier molecular flexibility index (Phi) is 6.69. The minimum Gasteiger partial charge on any atom is -0.369 e. The lowest BCUT2D eigenvalue weighted by Crippen LogP contribution is -2.49. The number of primary amides is 1. The van der Waals surface area contributed by atoms with Crippen molar-refractivity contribution < 1.29 is 9.59 Å². The number of nitrogens with two attached hydrogens (primary N) is 1. The molecule has 35 heavy (non-hydrogen) atoms. The molecule has 0 saturated carbocycles. The third-order valence-corrected chi connectivity index (χ3v) is 7.68. The molecule has 1 heterocycles. The molecule has 5 heteroatoms. The van der Waals surface area contributed by atoms with Crippen LogP contribution in [0.4, 0.5) is 0 Å². The topological polar surface area (TPSA) is 66.6 Å². The molecule has 1 aliphatic carbocycles. The van der Waals surface area contributed by atoms with Gasteiger partial charge in [-0.1, -0.05) is 85.3 Å². The van der Waals surface area contributed by atoms with E-state index in [0.29, 0.717) is 12.8 Å². The molecule has 5 nitrogen and oxygen atoms in total. The van der Waals surface area contributed by atoms with Crippen molar-refractivity contribution in [1.29, 1.82) is 0 Å². The number of unbranched alkanes of at least 4 members (excludes halogenated alkanes) is 1. The Morgan fingerprint density at radius 2 is 1.31 bits per heavy atom. The molecule has 5 rings (SSSR count). The van der Waals surface area contributed by atoms with Crippen LogP contribution in [0.1, 0.15) is 36.0 Å². The predicted octanol–water partition coefficient (Wildman–Crippen LogP) is 4.00. The minimum absolute atomic E-state index is 0.206. The van der Waals surface area contributed by atoms with Gasteiger partial charge in [0.25, 0.3) is 0 Å². The van der Waals surface area contributed by atoms with Crippen molar-refractivity contribution in [3.05, 3.63) is 95.6 Å². The van der Waals surface area contributed by atoms with Crippen molar-refractivity contribution in [2.45, 2.75) is 31.1 Å². The van der Waals surface area contributed by atoms with Crippen LogP contribution in [0.3, 0.4) is 0 Å². The monoisotopic (exact) mass is 467 g/mol. The Balaban J connectivity index is 1.16. The second-order valence-corrected chi connectivity index (χ2v) is 9.70. The van der Waals surface area contributed by atoms with Crippen LogP contribution in [0.5, 0.6) is 0 Å². The number of benzene rings is 3. The quantitative estimate of drug-likeness (QED) is 0.510. The number of amides is 2. The van der Waals surface area contributed by atoms with Gasteiger partial charge in [-0.2, -0.15) is 0 Å². The van der Waals surface area contributed by atoms with Crippen molar-refractivity contribution >= 4 is 11.8 Å². The van der Waals surface area contributed by atoms with E-state index in [1.165, 1.54) is 0 Å². The first kappa shape index (κ1) is 23.3. The number of fused-ring (bicyclic) bond motifs is 3. The molecule has 0 spiro atoms. The molecule has 3 aromatic carbocycles. The summed E-state index contributed by atoms with van der Waals surface area (Å²) in [5.74, 6) is -0.0572. The van der Waals surface area contributed by atoms with Crippen LogP contribution in [0.15, 0.2) is 78.9 Å². The van der Waals surface area contributed by atoms with Crippen molar-refractivity contribution in [3.63, 3.8) is 0 Å². The predicted molar refractivity (Wildman–Crippen MR) is 139 cm³/mol. The van der Waals surface area contributed by atoms with Crippen LogP contribution in [0.2, 0.25) is 0 Å². The number of carbonyl (C=O) groups excluding carboxylic acids is 2. The molecular weight excluding hydrogens is 434 g/mol. The average molecular weight is 468 g/mol. The average Bonchev–Trinajstić information content (AvgIpc) is 3.18. The zero-order chi connectivity index (χ0) is 24.3. The molecule has 0 radical (unpaired) electrons. The summed E-state index contributed by atoms with van der Waals surface area (Å²) in [4.78, 5) is 30.0. The third-order valence-electron chi connectivity index (χ3n) is 7.68. The van der Waals surface area contributed by atoms with Gasteiger partial charge in [-0.3, -0.25) is 14.5 Å². The van der Waals surface area contributed by atoms with Crippen molar-refractivity contribution in [3.8, 4) is 11.1 Å². The van der Waals surface area contributed by atoms with Crippen molar-refractivity contribution in [2.75, 3.05) is 32.7 Å². The Morgan fingerprint density at radius 1 is 0.743 bits per heavy atom. The van der Waals surface area contributed by atoms with Crippen LogP contribution >= 0.6 is 0 Å². The summed E-state index contributed by atoms with van der Waals surface area (Å²) in [5.41, 5.74) is 10.7. The molecule has 0 bridgehead atoms. The molecular formula is C30H33N3O2. The molecule has 2 amide bonds. The highest BCUT2D eigenvalue weighted by atomic mass is 16.2. The number of hydrogen-bond acceptors (Lipinski definition) is 3. The van der Waals surface area contributed by atoms with Gasteiger partial charge in [-0.05, 0) is 47.2 Å². The number of carbonyl (C=O) groups is 2. The Hall–Kier alpha value is -3.44. The van der Waals surface area contributed by atoms with Gasteiger partial charge in [-0.25, -0.2) is 0 Å². The van der Waals surface area contributed by atoms with E-state index in [4.69, 9.17) is 5.73 Å². The molecule has 3 aromatic rings. The standard InChI is InChI=1S/C30H33N3O2/c31-29(35)30(26-14-6-4-12-24(26)25-13-5-7-15-27(25)30)16-8-9-17-32-18-20-33(21-19-32)28(34)22-23-10-2-1-3-11-23/h1-7,10-15H,8-9,16-22H2,(H2,31,35). The first-order valence-corrected chi connectivity index (χ1v) is 12.6. The van der Waals surface area contributed by atoms with Gasteiger partial charge in [-0.15, -0.1) is 0 Å². The van der Waals surface area contributed by atoms with E-state index in [1.54, 1.807) is 0 Å². The fourth-order valence-corrected chi connectivity index (χ4v) is 5.81. The second kappa shape index (κ2) is 10.0. The molecule has 1 saturated heterocycles. The summed E-state index contributed by atoms with van der Waals surface area (Å²) in [5, 5.41) is 0. The molecule has 180 valence electrons. The van der Waals surface area contributed by atoms with Crippen molar-refractivity contribution in [1.82, 2.24) is 9.80 Å². The van der Waals surface area contributed by atoms with Crippen LogP contribution < -0.4 is 5.73 Å². The highest BCUT2D eigenvalue weighted by Crippen LogP contribution is 2.51. The summed E-state index contributed by atoms with van der Waals surface area (Å²) in [7, 11) is 0. The second-order valence-electron chi connectivity index (χ2n) is 9.70. The highest BCUT2D eigenvalue weighted by molar-refractivity contribution is 5.99. The molecule has 0 aromatic heterocycles. The van der Waals surface area contributed by atoms with Gasteiger partial charge in [0.1, 0.15) is 0 Å².